The number of hydrogen-bond acceptors (Lipinski definition) is 8. The molecule has 1 unspecified atom stereocenters. The number of carbonyl (C=O) groups is 1. The molecule has 0 spiro atoms. The number of methoxy groups -OCH3 is 1. The molecule has 1 heterocycles. The van der Waals surface area contributed by atoms with Crippen molar-refractivity contribution < 1.29 is 32.5 Å². The number of nitrogens with two attached hydrogens (primary N) is 1. The van der Waals surface area contributed by atoms with Crippen molar-refractivity contribution >= 4 is 21.8 Å². The lowest BCUT2D eigenvalue weighted by Crippen LogP contribution is -2.51. The van der Waals surface area contributed by atoms with E-state index in [0.717, 1.165) is 5.56 Å². The van der Waals surface area contributed by atoms with Crippen molar-refractivity contribution in [1.82, 2.24) is 9.62 Å². The maximum atomic E-state index is 13.5. The first-order chi connectivity index (χ1) is 17.6. The summed E-state index contributed by atoms with van der Waals surface area (Å²) in [6.07, 6.45) is -2.45. The molecule has 1 saturated heterocycles. The SMILES string of the molecule is CO[C@H]1OCC[C@H]1OC(=O)NC(Cc1ccccc1)[C@H](O)CN(CC(C)C)S(=O)(=O)c1ccc(N)cc1. The maximum absolute atomic E-state index is 13.5. The summed E-state index contributed by atoms with van der Waals surface area (Å²) in [5.41, 5.74) is 7.04. The van der Waals surface area contributed by atoms with Crippen molar-refractivity contribution in [3.05, 3.63) is 60.2 Å². The van der Waals surface area contributed by atoms with Crippen LogP contribution in [0.5, 0.6) is 0 Å². The average Bonchev–Trinajstić information content (AvgIpc) is 3.30. The van der Waals surface area contributed by atoms with E-state index in [9.17, 15) is 18.3 Å². The molecule has 0 radical (unpaired) electrons. The molecule has 3 rings (SSSR count). The first-order valence-corrected chi connectivity index (χ1v) is 13.7. The van der Waals surface area contributed by atoms with E-state index in [-0.39, 0.29) is 30.3 Å². The number of benzene rings is 2. The van der Waals surface area contributed by atoms with E-state index in [4.69, 9.17) is 19.9 Å². The highest BCUT2D eigenvalue weighted by Gasteiger charge is 2.34. The number of ether oxygens (including phenoxy) is 3. The molecule has 0 aromatic heterocycles. The Morgan fingerprint density at radius 1 is 1.16 bits per heavy atom. The van der Waals surface area contributed by atoms with Gasteiger partial charge in [-0.05, 0) is 42.2 Å². The molecule has 0 saturated carbocycles. The Kier molecular flexibility index (Phi) is 10.3. The minimum Gasteiger partial charge on any atom is -0.441 e. The summed E-state index contributed by atoms with van der Waals surface area (Å²) in [5, 5.41) is 14.0. The van der Waals surface area contributed by atoms with Gasteiger partial charge in [0.2, 0.25) is 10.0 Å². The Morgan fingerprint density at radius 3 is 2.46 bits per heavy atom. The number of amides is 1. The topological polar surface area (TPSA) is 140 Å². The van der Waals surface area contributed by atoms with Gasteiger partial charge in [0, 0.05) is 32.3 Å². The molecule has 37 heavy (non-hydrogen) atoms. The molecule has 10 nitrogen and oxygen atoms in total. The number of nitrogen functional groups attached to an aromatic ring is 1. The van der Waals surface area contributed by atoms with Crippen LogP contribution in [0.4, 0.5) is 10.5 Å². The standard InChI is InChI=1S/C26H37N3O7S/c1-18(2)16-29(37(32,33)21-11-9-20(27)10-12-21)17-23(30)22(15-19-7-5-4-6-8-19)28-26(31)36-24-13-14-35-25(24)34-3/h4-12,18,22-25,30H,13-17,27H2,1-3H3,(H,28,31)/t22?,23-,24-,25+/m1/s1. The number of alkyl carbamates (subject to hydrolysis) is 1. The largest absolute Gasteiger partial charge is 0.441 e. The van der Waals surface area contributed by atoms with E-state index < -0.39 is 40.7 Å². The number of anilines is 1. The van der Waals surface area contributed by atoms with Crippen molar-refractivity contribution in [3.63, 3.8) is 0 Å². The monoisotopic (exact) mass is 535 g/mol. The molecule has 2 aromatic rings. The number of rotatable bonds is 12. The molecule has 4 atom stereocenters. The Morgan fingerprint density at radius 2 is 1.84 bits per heavy atom. The van der Waals surface area contributed by atoms with Crippen LogP contribution in [-0.2, 0) is 30.7 Å². The smallest absolute Gasteiger partial charge is 0.407 e. The second kappa shape index (κ2) is 13.2. The highest BCUT2D eigenvalue weighted by Crippen LogP contribution is 2.21. The Bertz CT molecular complexity index is 1100. The summed E-state index contributed by atoms with van der Waals surface area (Å²) in [5.74, 6) is -0.00500. The molecule has 1 amide bonds. The summed E-state index contributed by atoms with van der Waals surface area (Å²) in [7, 11) is -2.46. The number of nitrogens with one attached hydrogen (secondary N) is 1. The fourth-order valence-corrected chi connectivity index (χ4v) is 5.78. The molecular weight excluding hydrogens is 498 g/mol. The van der Waals surface area contributed by atoms with Crippen molar-refractivity contribution in [1.29, 1.82) is 0 Å². The van der Waals surface area contributed by atoms with Crippen molar-refractivity contribution in [2.45, 2.75) is 56.1 Å². The lowest BCUT2D eigenvalue weighted by molar-refractivity contribution is -0.133. The van der Waals surface area contributed by atoms with E-state index in [1.54, 1.807) is 0 Å². The van der Waals surface area contributed by atoms with Gasteiger partial charge in [-0.15, -0.1) is 0 Å². The average molecular weight is 536 g/mol. The fraction of sp³-hybridized carbons (Fsp3) is 0.500. The lowest BCUT2D eigenvalue weighted by Gasteiger charge is -2.31. The zero-order valence-electron chi connectivity index (χ0n) is 21.4. The van der Waals surface area contributed by atoms with Gasteiger partial charge in [-0.2, -0.15) is 4.31 Å². The van der Waals surface area contributed by atoms with Crippen LogP contribution in [0.2, 0.25) is 0 Å². The van der Waals surface area contributed by atoms with Crippen LogP contribution in [-0.4, -0.2) is 75.3 Å². The lowest BCUT2D eigenvalue weighted by atomic mass is 10.0. The highest BCUT2D eigenvalue weighted by molar-refractivity contribution is 7.89. The molecule has 1 aliphatic heterocycles. The van der Waals surface area contributed by atoms with Gasteiger partial charge in [-0.1, -0.05) is 44.2 Å². The summed E-state index contributed by atoms with van der Waals surface area (Å²) in [6.45, 7) is 4.15. The van der Waals surface area contributed by atoms with Gasteiger partial charge >= 0.3 is 6.09 Å². The third-order valence-electron chi connectivity index (χ3n) is 6.02. The number of hydrogen-bond donors (Lipinski definition) is 3. The molecule has 11 heteroatoms. The van der Waals surface area contributed by atoms with Crippen molar-refractivity contribution in [3.8, 4) is 0 Å². The van der Waals surface area contributed by atoms with E-state index in [2.05, 4.69) is 5.32 Å². The van der Waals surface area contributed by atoms with Crippen molar-refractivity contribution in [2.75, 3.05) is 32.5 Å². The van der Waals surface area contributed by atoms with Gasteiger partial charge in [0.25, 0.3) is 0 Å². The highest BCUT2D eigenvalue weighted by atomic mass is 32.2. The minimum atomic E-state index is -3.93. The number of nitrogens with zero attached hydrogens (tertiary/aromatic N) is 1. The van der Waals surface area contributed by atoms with Gasteiger partial charge in [0.15, 0.2) is 12.4 Å². The number of aliphatic hydroxyl groups excluding tert-OH is 1. The van der Waals surface area contributed by atoms with E-state index in [1.165, 1.54) is 35.7 Å². The van der Waals surface area contributed by atoms with Crippen molar-refractivity contribution in [2.24, 2.45) is 5.92 Å². The second-order valence-corrected chi connectivity index (χ2v) is 11.4. The summed E-state index contributed by atoms with van der Waals surface area (Å²) in [4.78, 5) is 12.9. The van der Waals surface area contributed by atoms with Crippen LogP contribution >= 0.6 is 0 Å². The zero-order valence-corrected chi connectivity index (χ0v) is 22.3. The quantitative estimate of drug-likeness (QED) is 0.352. The first-order valence-electron chi connectivity index (χ1n) is 12.3. The summed E-state index contributed by atoms with van der Waals surface area (Å²) < 4.78 is 44.2. The second-order valence-electron chi connectivity index (χ2n) is 9.50. The van der Waals surface area contributed by atoms with Crippen LogP contribution < -0.4 is 11.1 Å². The third-order valence-corrected chi connectivity index (χ3v) is 7.87. The van der Waals surface area contributed by atoms with Gasteiger partial charge in [0.05, 0.1) is 23.6 Å². The normalized spacial score (nSPS) is 19.6. The molecule has 2 aromatic carbocycles. The van der Waals surface area contributed by atoms with E-state index in [1.807, 2.05) is 44.2 Å². The van der Waals surface area contributed by atoms with Crippen LogP contribution in [0.3, 0.4) is 0 Å². The van der Waals surface area contributed by atoms with Gasteiger partial charge in [0.1, 0.15) is 0 Å². The van der Waals surface area contributed by atoms with E-state index in [0.29, 0.717) is 18.7 Å². The molecule has 1 fully saturated rings. The number of carbonyl (C=O) groups excluding carboxylic acids is 1. The number of sulfonamides is 1. The number of aliphatic hydroxyl groups is 1. The molecule has 0 aliphatic carbocycles. The first kappa shape index (κ1) is 28.9. The predicted octanol–water partition coefficient (Wildman–Crippen LogP) is 2.38. The maximum Gasteiger partial charge on any atom is 0.407 e. The van der Waals surface area contributed by atoms with Crippen LogP contribution in [0, 0.1) is 5.92 Å². The summed E-state index contributed by atoms with van der Waals surface area (Å²) in [6, 6.07) is 14.4. The molecule has 4 N–H and O–H groups in total. The fourth-order valence-electron chi connectivity index (χ4n) is 4.16. The Balaban J connectivity index is 1.80. The van der Waals surface area contributed by atoms with E-state index >= 15 is 0 Å². The van der Waals surface area contributed by atoms with Crippen LogP contribution in [0.1, 0.15) is 25.8 Å². The minimum absolute atomic E-state index is 0.00500. The zero-order chi connectivity index (χ0) is 27.0. The van der Waals surface area contributed by atoms with Gasteiger partial charge < -0.3 is 30.4 Å². The van der Waals surface area contributed by atoms with Crippen LogP contribution in [0.15, 0.2) is 59.5 Å². The van der Waals surface area contributed by atoms with Gasteiger partial charge in [-0.3, -0.25) is 0 Å². The predicted molar refractivity (Wildman–Crippen MR) is 139 cm³/mol. The van der Waals surface area contributed by atoms with Crippen LogP contribution in [0.25, 0.3) is 0 Å². The Hall–Kier alpha value is -2.70. The molecule has 204 valence electrons. The molecule has 1 aliphatic rings. The third kappa shape index (κ3) is 8.14. The summed E-state index contributed by atoms with van der Waals surface area (Å²) >= 11 is 0. The van der Waals surface area contributed by atoms with Gasteiger partial charge in [-0.25, -0.2) is 13.2 Å². The Labute approximate surface area is 218 Å². The molecular formula is C26H37N3O7S. The molecule has 0 bridgehead atoms.